The van der Waals surface area contributed by atoms with E-state index in [1.165, 1.54) is 24.1 Å². The summed E-state index contributed by atoms with van der Waals surface area (Å²) in [4.78, 5) is 28.8. The van der Waals surface area contributed by atoms with E-state index in [-0.39, 0.29) is 23.0 Å². The molecule has 3 aromatic carbocycles. The summed E-state index contributed by atoms with van der Waals surface area (Å²) in [7, 11) is -2.72. The normalized spacial score (nSPS) is 11.9. The van der Waals surface area contributed by atoms with E-state index >= 15 is 0 Å². The summed E-state index contributed by atoms with van der Waals surface area (Å²) in [6.45, 7) is 7.73. The van der Waals surface area contributed by atoms with Gasteiger partial charge in [0.25, 0.3) is 10.0 Å². The summed E-state index contributed by atoms with van der Waals surface area (Å²) in [5, 5.41) is 2.90. The summed E-state index contributed by atoms with van der Waals surface area (Å²) >= 11 is 0. The van der Waals surface area contributed by atoms with Gasteiger partial charge in [0.15, 0.2) is 0 Å². The van der Waals surface area contributed by atoms with Crippen molar-refractivity contribution in [2.24, 2.45) is 0 Å². The number of hydrogen-bond donors (Lipinski definition) is 1. The molecule has 0 saturated heterocycles. The van der Waals surface area contributed by atoms with E-state index in [9.17, 15) is 18.0 Å². The van der Waals surface area contributed by atoms with Crippen LogP contribution in [-0.4, -0.2) is 51.4 Å². The Morgan fingerprint density at radius 2 is 1.57 bits per heavy atom. The second-order valence-electron chi connectivity index (χ2n) is 9.72. The first kappa shape index (κ1) is 30.7. The van der Waals surface area contributed by atoms with Crippen LogP contribution in [0.5, 0.6) is 5.75 Å². The van der Waals surface area contributed by atoms with Gasteiger partial charge in [0.2, 0.25) is 11.8 Å². The molecule has 9 heteroatoms. The van der Waals surface area contributed by atoms with Crippen molar-refractivity contribution < 1.29 is 22.7 Å². The maximum atomic E-state index is 14.1. The molecule has 214 valence electrons. The molecular formula is C31H39N3O5S. The van der Waals surface area contributed by atoms with Gasteiger partial charge in [0, 0.05) is 13.1 Å². The number of nitrogens with zero attached hydrogens (tertiary/aromatic N) is 2. The van der Waals surface area contributed by atoms with Gasteiger partial charge in [-0.2, -0.15) is 0 Å². The third-order valence-electron chi connectivity index (χ3n) is 6.62. The molecule has 0 bridgehead atoms. The smallest absolute Gasteiger partial charge is 0.264 e. The Morgan fingerprint density at radius 3 is 2.17 bits per heavy atom. The van der Waals surface area contributed by atoms with E-state index in [0.717, 1.165) is 27.4 Å². The van der Waals surface area contributed by atoms with Crippen molar-refractivity contribution in [2.75, 3.05) is 24.5 Å². The molecule has 0 spiro atoms. The van der Waals surface area contributed by atoms with Crippen LogP contribution >= 0.6 is 0 Å². The van der Waals surface area contributed by atoms with Crippen LogP contribution in [0.4, 0.5) is 5.69 Å². The van der Waals surface area contributed by atoms with Crippen molar-refractivity contribution >= 4 is 27.5 Å². The lowest BCUT2D eigenvalue weighted by atomic mass is 10.1. The average molecular weight is 566 g/mol. The zero-order valence-electron chi connectivity index (χ0n) is 23.9. The lowest BCUT2D eigenvalue weighted by molar-refractivity contribution is -0.140. The number of carbonyl (C=O) groups is 2. The third kappa shape index (κ3) is 7.41. The first-order chi connectivity index (χ1) is 19.1. The standard InChI is InChI=1S/C31H39N3O5S/c1-6-19-32-31(36)27(7-2)33(21-25-16-13-23(3)14-17-25)30(35)22-34(28-20-24(4)15-18-29(28)39-5)40(37,38)26-11-9-8-10-12-26/h8-18,20,27H,6-7,19,21-22H2,1-5H3,(H,32,36)/t27-/m0/s1. The average Bonchev–Trinajstić information content (AvgIpc) is 2.95. The fraction of sp³-hybridized carbons (Fsp3) is 0.355. The fourth-order valence-electron chi connectivity index (χ4n) is 4.40. The van der Waals surface area contributed by atoms with E-state index in [2.05, 4.69) is 5.32 Å². The van der Waals surface area contributed by atoms with E-state index in [1.807, 2.05) is 58.0 Å². The fourth-order valence-corrected chi connectivity index (χ4v) is 5.84. The number of benzene rings is 3. The molecule has 1 N–H and O–H groups in total. The lowest BCUT2D eigenvalue weighted by Crippen LogP contribution is -2.52. The number of amides is 2. The Hall–Kier alpha value is -3.85. The highest BCUT2D eigenvalue weighted by Crippen LogP contribution is 2.33. The van der Waals surface area contributed by atoms with Gasteiger partial charge < -0.3 is 15.0 Å². The minimum Gasteiger partial charge on any atom is -0.495 e. The molecular weight excluding hydrogens is 526 g/mol. The van der Waals surface area contributed by atoms with Crippen LogP contribution in [0.15, 0.2) is 77.7 Å². The van der Waals surface area contributed by atoms with Crippen molar-refractivity contribution in [1.82, 2.24) is 10.2 Å². The van der Waals surface area contributed by atoms with Gasteiger partial charge >= 0.3 is 0 Å². The number of ether oxygens (including phenoxy) is 1. The van der Waals surface area contributed by atoms with E-state index < -0.39 is 28.5 Å². The van der Waals surface area contributed by atoms with Gasteiger partial charge in [-0.3, -0.25) is 13.9 Å². The van der Waals surface area contributed by atoms with Crippen LogP contribution in [0.1, 0.15) is 43.4 Å². The molecule has 0 aliphatic heterocycles. The van der Waals surface area contributed by atoms with E-state index in [0.29, 0.717) is 18.7 Å². The van der Waals surface area contributed by atoms with Gasteiger partial charge in [0.05, 0.1) is 17.7 Å². The molecule has 0 saturated carbocycles. The number of rotatable bonds is 13. The van der Waals surface area contributed by atoms with Crippen molar-refractivity contribution in [1.29, 1.82) is 0 Å². The Bertz CT molecular complexity index is 1390. The molecule has 2 amide bonds. The van der Waals surface area contributed by atoms with Crippen LogP contribution in [0.3, 0.4) is 0 Å². The molecule has 1 atom stereocenters. The van der Waals surface area contributed by atoms with Gasteiger partial charge in [-0.1, -0.05) is 67.9 Å². The quantitative estimate of drug-likeness (QED) is 0.320. The lowest BCUT2D eigenvalue weighted by Gasteiger charge is -2.33. The number of aryl methyl sites for hydroxylation is 2. The first-order valence-electron chi connectivity index (χ1n) is 13.5. The molecule has 3 rings (SSSR count). The van der Waals surface area contributed by atoms with Crippen molar-refractivity contribution in [3.05, 3.63) is 89.5 Å². The van der Waals surface area contributed by atoms with Gasteiger partial charge in [-0.15, -0.1) is 0 Å². The first-order valence-corrected chi connectivity index (χ1v) is 14.9. The predicted octanol–water partition coefficient (Wildman–Crippen LogP) is 4.84. The summed E-state index contributed by atoms with van der Waals surface area (Å²) in [6, 6.07) is 20.1. The van der Waals surface area contributed by atoms with E-state index in [4.69, 9.17) is 4.74 Å². The third-order valence-corrected chi connectivity index (χ3v) is 8.40. The molecule has 40 heavy (non-hydrogen) atoms. The second kappa shape index (κ2) is 14.0. The molecule has 0 heterocycles. The SMILES string of the molecule is CCCNC(=O)[C@H](CC)N(Cc1ccc(C)cc1)C(=O)CN(c1cc(C)ccc1OC)S(=O)(=O)c1ccccc1. The van der Waals surface area contributed by atoms with Gasteiger partial charge in [0.1, 0.15) is 18.3 Å². The molecule has 8 nitrogen and oxygen atoms in total. The molecule has 0 aliphatic rings. The highest BCUT2D eigenvalue weighted by Gasteiger charge is 2.34. The van der Waals surface area contributed by atoms with Crippen molar-refractivity contribution in [3.8, 4) is 5.75 Å². The summed E-state index contributed by atoms with van der Waals surface area (Å²) < 4.78 is 34.6. The molecule has 0 radical (unpaired) electrons. The maximum Gasteiger partial charge on any atom is 0.264 e. The summed E-state index contributed by atoms with van der Waals surface area (Å²) in [5.74, 6) is -0.451. The Kier molecular flexibility index (Phi) is 10.7. The van der Waals surface area contributed by atoms with Crippen LogP contribution in [0.25, 0.3) is 0 Å². The molecule has 0 aliphatic carbocycles. The highest BCUT2D eigenvalue weighted by molar-refractivity contribution is 7.92. The van der Waals surface area contributed by atoms with Crippen LogP contribution in [0, 0.1) is 13.8 Å². The highest BCUT2D eigenvalue weighted by atomic mass is 32.2. The minimum absolute atomic E-state index is 0.0455. The zero-order valence-corrected chi connectivity index (χ0v) is 24.7. The number of nitrogens with one attached hydrogen (secondary N) is 1. The second-order valence-corrected chi connectivity index (χ2v) is 11.6. The van der Waals surface area contributed by atoms with Crippen molar-refractivity contribution in [3.63, 3.8) is 0 Å². The van der Waals surface area contributed by atoms with Crippen LogP contribution in [0.2, 0.25) is 0 Å². The molecule has 0 unspecified atom stereocenters. The predicted molar refractivity (Wildman–Crippen MR) is 158 cm³/mol. The zero-order chi connectivity index (χ0) is 29.3. The molecule has 0 fully saturated rings. The Morgan fingerprint density at radius 1 is 0.925 bits per heavy atom. The number of sulfonamides is 1. The monoisotopic (exact) mass is 565 g/mol. The number of hydrogen-bond acceptors (Lipinski definition) is 5. The number of carbonyl (C=O) groups excluding carboxylic acids is 2. The largest absolute Gasteiger partial charge is 0.495 e. The molecule has 0 aromatic heterocycles. The summed E-state index contributed by atoms with van der Waals surface area (Å²) in [6.07, 6.45) is 1.12. The maximum absolute atomic E-state index is 14.1. The van der Waals surface area contributed by atoms with Gasteiger partial charge in [-0.25, -0.2) is 8.42 Å². The number of methoxy groups -OCH3 is 1. The minimum atomic E-state index is -4.17. The van der Waals surface area contributed by atoms with E-state index in [1.54, 1.807) is 30.3 Å². The van der Waals surface area contributed by atoms with Crippen LogP contribution in [-0.2, 0) is 26.2 Å². The Labute approximate surface area is 238 Å². The number of anilines is 1. The topological polar surface area (TPSA) is 96.0 Å². The summed E-state index contributed by atoms with van der Waals surface area (Å²) in [5.41, 5.74) is 2.96. The molecule has 3 aromatic rings. The van der Waals surface area contributed by atoms with Crippen LogP contribution < -0.4 is 14.4 Å². The van der Waals surface area contributed by atoms with Crippen molar-refractivity contribution in [2.45, 2.75) is 58.0 Å². The van der Waals surface area contributed by atoms with Gasteiger partial charge in [-0.05, 0) is 62.1 Å². The Balaban J connectivity index is 2.10.